The number of ether oxygens (including phenoxy) is 2. The second-order valence-corrected chi connectivity index (χ2v) is 8.15. The molecule has 2 aliphatic rings. The highest BCUT2D eigenvalue weighted by atomic mass is 16.7. The average Bonchev–Trinajstić information content (AvgIpc) is 2.59. The summed E-state index contributed by atoms with van der Waals surface area (Å²) in [5.41, 5.74) is -1.33. The Morgan fingerprint density at radius 1 is 1.09 bits per heavy atom. The molecule has 0 aromatic rings. The third-order valence-electron chi connectivity index (χ3n) is 6.98. The summed E-state index contributed by atoms with van der Waals surface area (Å²) in [6.45, 7) is 13.3. The first-order chi connectivity index (χ1) is 10.7. The van der Waals surface area contributed by atoms with Gasteiger partial charge in [0.05, 0.1) is 30.9 Å². The Bertz CT molecular complexity index is 415. The molecule has 0 amide bonds. The lowest BCUT2D eigenvalue weighted by molar-refractivity contribution is -0.415. The van der Waals surface area contributed by atoms with Crippen molar-refractivity contribution in [3.8, 4) is 0 Å². The van der Waals surface area contributed by atoms with E-state index >= 15 is 0 Å². The van der Waals surface area contributed by atoms with Gasteiger partial charge in [0.2, 0.25) is 0 Å². The molecular formula is C18H34NO4. The number of hydroxylamine groups is 2. The fourth-order valence-electron chi connectivity index (χ4n) is 4.13. The van der Waals surface area contributed by atoms with E-state index < -0.39 is 16.9 Å². The van der Waals surface area contributed by atoms with Gasteiger partial charge in [0.25, 0.3) is 0 Å². The quantitative estimate of drug-likeness (QED) is 0.861. The number of rotatable bonds is 4. The summed E-state index contributed by atoms with van der Waals surface area (Å²) in [5.74, 6) is -0.768. The van der Waals surface area contributed by atoms with Gasteiger partial charge in [-0.2, -0.15) is 0 Å². The Morgan fingerprint density at radius 2 is 1.65 bits per heavy atom. The molecule has 0 aromatic carbocycles. The zero-order valence-electron chi connectivity index (χ0n) is 15.6. The molecule has 2 heterocycles. The number of aliphatic hydroxyl groups excluding tert-OH is 1. The van der Waals surface area contributed by atoms with Gasteiger partial charge < -0.3 is 14.6 Å². The van der Waals surface area contributed by atoms with E-state index in [1.54, 1.807) is 0 Å². The smallest absolute Gasteiger partial charge is 0.174 e. The lowest BCUT2D eigenvalue weighted by atomic mass is 9.67. The largest absolute Gasteiger partial charge is 0.396 e. The van der Waals surface area contributed by atoms with Gasteiger partial charge in [0, 0.05) is 17.8 Å². The minimum atomic E-state index is -0.732. The Morgan fingerprint density at radius 3 is 2.04 bits per heavy atom. The van der Waals surface area contributed by atoms with Crippen molar-refractivity contribution in [2.75, 3.05) is 19.8 Å². The van der Waals surface area contributed by atoms with Crippen LogP contribution in [0.15, 0.2) is 0 Å². The molecule has 2 saturated heterocycles. The lowest BCUT2D eigenvalue weighted by Gasteiger charge is -2.62. The van der Waals surface area contributed by atoms with Gasteiger partial charge in [0.1, 0.15) is 0 Å². The molecule has 1 N–H and O–H groups in total. The standard InChI is InChI=1S/C18H34NO4/c1-7-15(5)10-18(14(4)16(6,8-2)19(15)21)22-12-17(9-3,11-20)13-23-18/h14,20H,7-13H2,1-6H3. The van der Waals surface area contributed by atoms with Crippen molar-refractivity contribution in [2.24, 2.45) is 11.3 Å². The zero-order chi connectivity index (χ0) is 17.5. The minimum absolute atomic E-state index is 0.0364. The molecule has 3 unspecified atom stereocenters. The van der Waals surface area contributed by atoms with Crippen LogP contribution in [0.2, 0.25) is 0 Å². The van der Waals surface area contributed by atoms with Crippen molar-refractivity contribution in [2.45, 2.75) is 84.1 Å². The molecule has 2 fully saturated rings. The first-order valence-electron chi connectivity index (χ1n) is 9.04. The normalized spacial score (nSPS) is 48.8. The highest BCUT2D eigenvalue weighted by Gasteiger charge is 2.63. The molecule has 0 aromatic heterocycles. The molecule has 1 radical (unpaired) electrons. The van der Waals surface area contributed by atoms with Gasteiger partial charge in [-0.05, 0) is 33.1 Å². The third kappa shape index (κ3) is 2.74. The predicted octanol–water partition coefficient (Wildman–Crippen LogP) is 3.14. The van der Waals surface area contributed by atoms with Crippen LogP contribution in [0.5, 0.6) is 0 Å². The monoisotopic (exact) mass is 328 g/mol. The van der Waals surface area contributed by atoms with Gasteiger partial charge >= 0.3 is 0 Å². The number of hydrogen-bond acceptors (Lipinski definition) is 4. The van der Waals surface area contributed by atoms with E-state index in [9.17, 15) is 10.3 Å². The molecule has 0 aliphatic carbocycles. The van der Waals surface area contributed by atoms with Crippen LogP contribution in [0.1, 0.15) is 67.2 Å². The summed E-state index contributed by atoms with van der Waals surface area (Å²) >= 11 is 0. The number of piperidine rings is 1. The molecular weight excluding hydrogens is 294 g/mol. The van der Waals surface area contributed by atoms with Gasteiger partial charge in [0.15, 0.2) is 5.79 Å². The van der Waals surface area contributed by atoms with Crippen LogP contribution in [0.25, 0.3) is 0 Å². The van der Waals surface area contributed by atoms with Crippen LogP contribution in [0.4, 0.5) is 0 Å². The van der Waals surface area contributed by atoms with Crippen LogP contribution >= 0.6 is 0 Å². The molecule has 2 rings (SSSR count). The molecule has 135 valence electrons. The topological polar surface area (TPSA) is 61.8 Å². The molecule has 2 aliphatic heterocycles. The highest BCUT2D eigenvalue weighted by Crippen LogP contribution is 2.53. The minimum Gasteiger partial charge on any atom is -0.396 e. The Hall–Kier alpha value is -0.200. The maximum absolute atomic E-state index is 13.1. The van der Waals surface area contributed by atoms with Crippen molar-refractivity contribution in [3.63, 3.8) is 0 Å². The third-order valence-corrected chi connectivity index (χ3v) is 6.98. The predicted molar refractivity (Wildman–Crippen MR) is 88.1 cm³/mol. The summed E-state index contributed by atoms with van der Waals surface area (Å²) in [6, 6.07) is 0. The summed E-state index contributed by atoms with van der Waals surface area (Å²) in [7, 11) is 0. The molecule has 23 heavy (non-hydrogen) atoms. The highest BCUT2D eigenvalue weighted by molar-refractivity contribution is 5.08. The van der Waals surface area contributed by atoms with E-state index in [4.69, 9.17) is 9.47 Å². The Balaban J connectivity index is 2.35. The van der Waals surface area contributed by atoms with Crippen molar-refractivity contribution >= 4 is 0 Å². The first-order valence-corrected chi connectivity index (χ1v) is 9.04. The average molecular weight is 328 g/mol. The van der Waals surface area contributed by atoms with Crippen LogP contribution in [0, 0.1) is 11.3 Å². The molecule has 1 spiro atoms. The summed E-state index contributed by atoms with van der Waals surface area (Å²) in [6.07, 6.45) is 2.90. The molecule has 5 heteroatoms. The van der Waals surface area contributed by atoms with Gasteiger partial charge in [-0.3, -0.25) is 0 Å². The van der Waals surface area contributed by atoms with E-state index in [0.29, 0.717) is 19.6 Å². The van der Waals surface area contributed by atoms with Gasteiger partial charge in [-0.1, -0.05) is 27.7 Å². The number of aliphatic hydroxyl groups is 1. The second-order valence-electron chi connectivity index (χ2n) is 8.15. The van der Waals surface area contributed by atoms with Gasteiger partial charge in [-0.25, -0.2) is 0 Å². The zero-order valence-corrected chi connectivity index (χ0v) is 15.6. The van der Waals surface area contributed by atoms with E-state index in [2.05, 4.69) is 27.7 Å². The van der Waals surface area contributed by atoms with Crippen molar-refractivity contribution in [1.29, 1.82) is 0 Å². The van der Waals surface area contributed by atoms with E-state index in [1.807, 2.05) is 13.8 Å². The Kier molecular flexibility index (Phi) is 5.21. The summed E-state index contributed by atoms with van der Waals surface area (Å²) < 4.78 is 12.6. The molecule has 5 nitrogen and oxygen atoms in total. The maximum Gasteiger partial charge on any atom is 0.174 e. The van der Waals surface area contributed by atoms with E-state index in [-0.39, 0.29) is 17.9 Å². The van der Waals surface area contributed by atoms with Gasteiger partial charge in [-0.15, -0.1) is 10.3 Å². The lowest BCUT2D eigenvalue weighted by Crippen LogP contribution is -2.73. The van der Waals surface area contributed by atoms with Crippen molar-refractivity contribution < 1.29 is 19.8 Å². The van der Waals surface area contributed by atoms with Crippen LogP contribution in [-0.2, 0) is 14.7 Å². The van der Waals surface area contributed by atoms with Crippen LogP contribution in [-0.4, -0.2) is 46.9 Å². The summed E-state index contributed by atoms with van der Waals surface area (Å²) in [4.78, 5) is 0. The van der Waals surface area contributed by atoms with Crippen molar-refractivity contribution in [1.82, 2.24) is 5.06 Å². The SMILES string of the molecule is CCC1(CO)COC2(CC(C)(CC)N([O])C(C)(CC)C2C)OC1. The molecule has 0 saturated carbocycles. The van der Waals surface area contributed by atoms with Crippen LogP contribution < -0.4 is 0 Å². The molecule has 3 atom stereocenters. The van der Waals surface area contributed by atoms with E-state index in [0.717, 1.165) is 19.3 Å². The first kappa shape index (κ1) is 19.1. The number of hydrogen-bond donors (Lipinski definition) is 1. The summed E-state index contributed by atoms with van der Waals surface area (Å²) in [5, 5.41) is 24.1. The Labute approximate surface area is 140 Å². The fourth-order valence-corrected chi connectivity index (χ4v) is 4.13. The molecule has 0 bridgehead atoms. The van der Waals surface area contributed by atoms with Crippen molar-refractivity contribution in [3.05, 3.63) is 0 Å². The fraction of sp³-hybridized carbons (Fsp3) is 1.00. The van der Waals surface area contributed by atoms with E-state index in [1.165, 1.54) is 5.06 Å². The number of nitrogens with zero attached hydrogens (tertiary/aromatic N) is 1. The second kappa shape index (κ2) is 6.26. The van der Waals surface area contributed by atoms with Crippen LogP contribution in [0.3, 0.4) is 0 Å². The maximum atomic E-state index is 13.1.